The number of thiophene rings is 1. The fourth-order valence-corrected chi connectivity index (χ4v) is 4.18. The molecule has 0 saturated carbocycles. The van der Waals surface area contributed by atoms with Crippen molar-refractivity contribution in [1.29, 1.82) is 0 Å². The number of carbonyl (C=O) groups is 1. The average Bonchev–Trinajstić information content (AvgIpc) is 2.82. The first kappa shape index (κ1) is 12.0. The summed E-state index contributed by atoms with van der Waals surface area (Å²) < 4.78 is 0. The zero-order valence-electron chi connectivity index (χ0n) is 9.73. The molecule has 1 aliphatic heterocycles. The van der Waals surface area contributed by atoms with Gasteiger partial charge in [0.1, 0.15) is 5.37 Å². The first-order valence-corrected chi connectivity index (χ1v) is 7.56. The van der Waals surface area contributed by atoms with Crippen LogP contribution in [0, 0.1) is 6.92 Å². The maximum Gasteiger partial charge on any atom is 0.233 e. The predicted molar refractivity (Wildman–Crippen MR) is 70.9 cm³/mol. The van der Waals surface area contributed by atoms with Gasteiger partial charge in [0.05, 0.1) is 5.75 Å². The number of unbranched alkanes of at least 4 members (excludes halogenated alkanes) is 1. The Bertz CT molecular complexity index is 375. The van der Waals surface area contributed by atoms with E-state index < -0.39 is 0 Å². The van der Waals surface area contributed by atoms with E-state index in [0.717, 1.165) is 19.4 Å². The standard InChI is InChI=1S/C12H17NOS2/c1-3-4-7-13-11(14)8-15-12(13)10-6-5-9(2)16-10/h5-6,12H,3-4,7-8H2,1-2H3. The lowest BCUT2D eigenvalue weighted by Gasteiger charge is -2.22. The Balaban J connectivity index is 2.11. The topological polar surface area (TPSA) is 20.3 Å². The van der Waals surface area contributed by atoms with Crippen molar-refractivity contribution in [2.24, 2.45) is 0 Å². The van der Waals surface area contributed by atoms with Crippen LogP contribution in [-0.4, -0.2) is 23.1 Å². The number of amides is 1. The molecule has 0 N–H and O–H groups in total. The maximum absolute atomic E-state index is 11.8. The summed E-state index contributed by atoms with van der Waals surface area (Å²) in [5, 5.41) is 0.276. The highest BCUT2D eigenvalue weighted by atomic mass is 32.2. The molecule has 1 amide bonds. The molecule has 0 aromatic carbocycles. The summed E-state index contributed by atoms with van der Waals surface area (Å²) in [5.41, 5.74) is 0. The van der Waals surface area contributed by atoms with Gasteiger partial charge >= 0.3 is 0 Å². The Morgan fingerprint density at radius 1 is 1.50 bits per heavy atom. The largest absolute Gasteiger partial charge is 0.325 e. The maximum atomic E-state index is 11.8. The van der Waals surface area contributed by atoms with Gasteiger partial charge in [-0.25, -0.2) is 0 Å². The van der Waals surface area contributed by atoms with Gasteiger partial charge in [-0.15, -0.1) is 23.1 Å². The Labute approximate surface area is 105 Å². The molecule has 88 valence electrons. The molecule has 0 bridgehead atoms. The van der Waals surface area contributed by atoms with Crippen LogP contribution < -0.4 is 0 Å². The van der Waals surface area contributed by atoms with Crippen molar-refractivity contribution in [1.82, 2.24) is 4.90 Å². The average molecular weight is 255 g/mol. The molecule has 16 heavy (non-hydrogen) atoms. The molecule has 2 heterocycles. The Kier molecular flexibility index (Phi) is 3.92. The lowest BCUT2D eigenvalue weighted by Crippen LogP contribution is -2.28. The van der Waals surface area contributed by atoms with Crippen molar-refractivity contribution in [3.05, 3.63) is 21.9 Å². The van der Waals surface area contributed by atoms with Crippen molar-refractivity contribution in [3.63, 3.8) is 0 Å². The third-order valence-corrected chi connectivity index (χ3v) is 5.17. The summed E-state index contributed by atoms with van der Waals surface area (Å²) in [7, 11) is 0. The van der Waals surface area contributed by atoms with Crippen molar-refractivity contribution in [3.8, 4) is 0 Å². The monoisotopic (exact) mass is 255 g/mol. The molecule has 1 unspecified atom stereocenters. The van der Waals surface area contributed by atoms with Crippen molar-refractivity contribution in [2.75, 3.05) is 12.3 Å². The second-order valence-corrected chi connectivity index (χ2v) is 6.44. The summed E-state index contributed by atoms with van der Waals surface area (Å²) in [4.78, 5) is 16.5. The fraction of sp³-hybridized carbons (Fsp3) is 0.583. The lowest BCUT2D eigenvalue weighted by molar-refractivity contribution is -0.128. The van der Waals surface area contributed by atoms with Crippen LogP contribution in [0.2, 0.25) is 0 Å². The molecule has 1 aliphatic rings. The molecule has 1 fully saturated rings. The first-order valence-electron chi connectivity index (χ1n) is 5.69. The molecule has 1 aromatic heterocycles. The highest BCUT2D eigenvalue weighted by Gasteiger charge is 2.32. The zero-order chi connectivity index (χ0) is 11.5. The second kappa shape index (κ2) is 5.23. The molecule has 1 atom stereocenters. The molecule has 2 rings (SSSR count). The molecular weight excluding hydrogens is 238 g/mol. The van der Waals surface area contributed by atoms with Gasteiger partial charge in [-0.3, -0.25) is 4.79 Å². The van der Waals surface area contributed by atoms with Crippen LogP contribution in [0.1, 0.15) is 34.9 Å². The molecule has 0 radical (unpaired) electrons. The number of carbonyl (C=O) groups excluding carboxylic acids is 1. The lowest BCUT2D eigenvalue weighted by atomic mass is 10.3. The molecule has 0 aliphatic carbocycles. The Hall–Kier alpha value is -0.480. The normalized spacial score (nSPS) is 20.8. The van der Waals surface area contributed by atoms with Gasteiger partial charge in [0.2, 0.25) is 5.91 Å². The minimum atomic E-state index is 0.276. The van der Waals surface area contributed by atoms with Crippen molar-refractivity contribution >= 4 is 29.0 Å². The van der Waals surface area contributed by atoms with E-state index in [1.54, 1.807) is 11.8 Å². The van der Waals surface area contributed by atoms with E-state index in [-0.39, 0.29) is 5.37 Å². The van der Waals surface area contributed by atoms with Crippen LogP contribution in [0.15, 0.2) is 12.1 Å². The van der Waals surface area contributed by atoms with Crippen LogP contribution >= 0.6 is 23.1 Å². The Morgan fingerprint density at radius 3 is 2.94 bits per heavy atom. The van der Waals surface area contributed by atoms with E-state index in [1.807, 2.05) is 16.2 Å². The molecule has 1 saturated heterocycles. The fourth-order valence-electron chi connectivity index (χ4n) is 1.85. The predicted octanol–water partition coefficient (Wildman–Crippen LogP) is 3.43. The third kappa shape index (κ3) is 2.43. The van der Waals surface area contributed by atoms with Crippen molar-refractivity contribution < 1.29 is 4.79 Å². The van der Waals surface area contributed by atoms with Crippen LogP contribution in [0.5, 0.6) is 0 Å². The summed E-state index contributed by atoms with van der Waals surface area (Å²) >= 11 is 3.57. The van der Waals surface area contributed by atoms with Gasteiger partial charge in [-0.05, 0) is 25.5 Å². The highest BCUT2D eigenvalue weighted by Crippen LogP contribution is 2.41. The van der Waals surface area contributed by atoms with Crippen LogP contribution in [0.4, 0.5) is 0 Å². The minimum Gasteiger partial charge on any atom is -0.325 e. The van der Waals surface area contributed by atoms with E-state index in [0.29, 0.717) is 11.7 Å². The summed E-state index contributed by atoms with van der Waals surface area (Å²) in [6.07, 6.45) is 2.25. The Morgan fingerprint density at radius 2 is 2.31 bits per heavy atom. The zero-order valence-corrected chi connectivity index (χ0v) is 11.4. The van der Waals surface area contributed by atoms with Gasteiger partial charge in [0, 0.05) is 16.3 Å². The molecule has 2 nitrogen and oxygen atoms in total. The number of hydrogen-bond acceptors (Lipinski definition) is 3. The van der Waals surface area contributed by atoms with Gasteiger partial charge < -0.3 is 4.90 Å². The van der Waals surface area contributed by atoms with E-state index >= 15 is 0 Å². The SMILES string of the molecule is CCCCN1C(=O)CSC1c1ccc(C)s1. The van der Waals surface area contributed by atoms with Crippen LogP contribution in [-0.2, 0) is 4.79 Å². The third-order valence-electron chi connectivity index (χ3n) is 2.73. The number of hydrogen-bond donors (Lipinski definition) is 0. The quantitative estimate of drug-likeness (QED) is 0.821. The molecular formula is C12H17NOS2. The minimum absolute atomic E-state index is 0.276. The van der Waals surface area contributed by atoms with Crippen LogP contribution in [0.3, 0.4) is 0 Å². The molecule has 1 aromatic rings. The number of rotatable bonds is 4. The number of nitrogens with zero attached hydrogens (tertiary/aromatic N) is 1. The van der Waals surface area contributed by atoms with Gasteiger partial charge in [0.25, 0.3) is 0 Å². The summed E-state index contributed by atoms with van der Waals surface area (Å²) in [6.45, 7) is 5.19. The summed E-state index contributed by atoms with van der Waals surface area (Å²) in [5.74, 6) is 0.945. The second-order valence-electron chi connectivity index (χ2n) is 4.05. The van der Waals surface area contributed by atoms with Crippen molar-refractivity contribution in [2.45, 2.75) is 32.1 Å². The van der Waals surface area contributed by atoms with E-state index in [9.17, 15) is 4.79 Å². The van der Waals surface area contributed by atoms with Gasteiger partial charge in [0.15, 0.2) is 0 Å². The van der Waals surface area contributed by atoms with E-state index in [2.05, 4.69) is 26.0 Å². The van der Waals surface area contributed by atoms with E-state index in [4.69, 9.17) is 0 Å². The molecule has 0 spiro atoms. The first-order chi connectivity index (χ1) is 7.72. The van der Waals surface area contributed by atoms with Gasteiger partial charge in [-0.2, -0.15) is 0 Å². The smallest absolute Gasteiger partial charge is 0.233 e. The van der Waals surface area contributed by atoms with E-state index in [1.165, 1.54) is 9.75 Å². The number of thioether (sulfide) groups is 1. The van der Waals surface area contributed by atoms with Gasteiger partial charge in [-0.1, -0.05) is 13.3 Å². The van der Waals surface area contributed by atoms with Crippen LogP contribution in [0.25, 0.3) is 0 Å². The number of aryl methyl sites for hydroxylation is 1. The summed E-state index contributed by atoms with van der Waals surface area (Å²) in [6, 6.07) is 4.30. The molecule has 4 heteroatoms. The highest BCUT2D eigenvalue weighted by molar-refractivity contribution is 8.00.